The van der Waals surface area contributed by atoms with Crippen molar-refractivity contribution in [3.63, 3.8) is 0 Å². The molecule has 1 heterocycles. The van der Waals surface area contributed by atoms with Crippen molar-refractivity contribution in [1.29, 1.82) is 0 Å². The number of hydrogen-bond donors (Lipinski definition) is 1. The molecule has 0 radical (unpaired) electrons. The van der Waals surface area contributed by atoms with Gasteiger partial charge in [-0.05, 0) is 6.07 Å². The Hall–Kier alpha value is -0.440. The molecule has 0 amide bonds. The first-order valence-electron chi connectivity index (χ1n) is 3.56. The third kappa shape index (κ3) is 1.07. The highest BCUT2D eigenvalue weighted by molar-refractivity contribution is 6.43. The Bertz CT molecular complexity index is 327. The maximum Gasteiger partial charge on any atom is 0.144 e. The van der Waals surface area contributed by atoms with E-state index in [1.165, 1.54) is 0 Å². The molecular formula is C8H7Cl2NO. The average molecular weight is 204 g/mol. The van der Waals surface area contributed by atoms with Crippen molar-refractivity contribution in [2.45, 2.75) is 6.04 Å². The van der Waals surface area contributed by atoms with Crippen LogP contribution in [0, 0.1) is 0 Å². The number of rotatable bonds is 0. The fourth-order valence-corrected chi connectivity index (χ4v) is 1.62. The molecule has 0 aromatic heterocycles. The van der Waals surface area contributed by atoms with Gasteiger partial charge in [0, 0.05) is 5.56 Å². The Morgan fingerprint density at radius 3 is 2.92 bits per heavy atom. The number of halogens is 2. The van der Waals surface area contributed by atoms with Crippen molar-refractivity contribution in [2.75, 3.05) is 6.61 Å². The van der Waals surface area contributed by atoms with E-state index in [-0.39, 0.29) is 6.04 Å². The molecule has 2 rings (SSSR count). The summed E-state index contributed by atoms with van der Waals surface area (Å²) in [6.45, 7) is 0.482. The molecule has 0 spiro atoms. The first-order chi connectivity index (χ1) is 5.70. The molecule has 2 nitrogen and oxygen atoms in total. The first kappa shape index (κ1) is 8.17. The largest absolute Gasteiger partial charge is 0.490 e. The number of benzene rings is 1. The lowest BCUT2D eigenvalue weighted by molar-refractivity contribution is 0.333. The van der Waals surface area contributed by atoms with Crippen molar-refractivity contribution in [3.8, 4) is 5.75 Å². The summed E-state index contributed by atoms with van der Waals surface area (Å²) in [5, 5.41) is 0.964. The van der Waals surface area contributed by atoms with Crippen LogP contribution in [0.3, 0.4) is 0 Å². The molecule has 0 saturated carbocycles. The molecule has 0 saturated heterocycles. The Labute approximate surface area is 80.2 Å². The summed E-state index contributed by atoms with van der Waals surface area (Å²) in [6.07, 6.45) is 0. The third-order valence-electron chi connectivity index (χ3n) is 1.89. The van der Waals surface area contributed by atoms with Gasteiger partial charge in [0.2, 0.25) is 0 Å². The zero-order valence-electron chi connectivity index (χ0n) is 6.18. The van der Waals surface area contributed by atoms with Crippen molar-refractivity contribution in [3.05, 3.63) is 27.7 Å². The zero-order valence-corrected chi connectivity index (χ0v) is 7.69. The number of hydrogen-bond acceptors (Lipinski definition) is 2. The summed E-state index contributed by atoms with van der Waals surface area (Å²) in [5.41, 5.74) is 6.67. The van der Waals surface area contributed by atoms with Crippen molar-refractivity contribution in [1.82, 2.24) is 0 Å². The molecule has 64 valence electrons. The summed E-state index contributed by atoms with van der Waals surface area (Å²) in [7, 11) is 0. The second kappa shape index (κ2) is 2.80. The second-order valence-corrected chi connectivity index (χ2v) is 3.48. The Morgan fingerprint density at radius 2 is 2.17 bits per heavy atom. The van der Waals surface area contributed by atoms with E-state index < -0.39 is 0 Å². The van der Waals surface area contributed by atoms with Gasteiger partial charge in [0.1, 0.15) is 17.4 Å². The van der Waals surface area contributed by atoms with Crippen molar-refractivity contribution < 1.29 is 4.74 Å². The standard InChI is InChI=1S/C8H7Cl2NO/c9-5-2-1-4-6(11)3-12-8(4)7(5)10/h1-2,6H,3,11H2/t6-/m1/s1. The Kier molecular flexibility index (Phi) is 1.91. The van der Waals surface area contributed by atoms with Gasteiger partial charge in [0.25, 0.3) is 0 Å². The van der Waals surface area contributed by atoms with Crippen molar-refractivity contribution in [2.24, 2.45) is 5.73 Å². The number of nitrogens with two attached hydrogens (primary N) is 1. The minimum absolute atomic E-state index is 0.0743. The molecule has 12 heavy (non-hydrogen) atoms. The molecule has 0 fully saturated rings. The quantitative estimate of drug-likeness (QED) is 0.704. The summed E-state index contributed by atoms with van der Waals surface area (Å²) in [4.78, 5) is 0. The Morgan fingerprint density at radius 1 is 1.42 bits per heavy atom. The normalized spacial score (nSPS) is 20.4. The van der Waals surface area contributed by atoms with Crippen LogP contribution in [-0.4, -0.2) is 6.61 Å². The maximum atomic E-state index is 5.89. The topological polar surface area (TPSA) is 35.2 Å². The monoisotopic (exact) mass is 203 g/mol. The van der Waals surface area contributed by atoms with E-state index in [0.29, 0.717) is 22.4 Å². The van der Waals surface area contributed by atoms with Gasteiger partial charge in [0.05, 0.1) is 11.1 Å². The molecule has 1 atom stereocenters. The minimum atomic E-state index is -0.0743. The van der Waals surface area contributed by atoms with Crippen LogP contribution in [-0.2, 0) is 0 Å². The highest BCUT2D eigenvalue weighted by Gasteiger charge is 2.23. The molecule has 2 N–H and O–H groups in total. The van der Waals surface area contributed by atoms with Crippen LogP contribution in [0.15, 0.2) is 12.1 Å². The molecule has 0 aliphatic carbocycles. The lowest BCUT2D eigenvalue weighted by atomic mass is 10.1. The highest BCUT2D eigenvalue weighted by atomic mass is 35.5. The average Bonchev–Trinajstić information content (AvgIpc) is 2.41. The van der Waals surface area contributed by atoms with Gasteiger partial charge < -0.3 is 10.5 Å². The van der Waals surface area contributed by atoms with Crippen LogP contribution < -0.4 is 10.5 Å². The fraction of sp³-hybridized carbons (Fsp3) is 0.250. The zero-order chi connectivity index (χ0) is 8.72. The third-order valence-corrected chi connectivity index (χ3v) is 2.67. The first-order valence-corrected chi connectivity index (χ1v) is 4.32. The Balaban J connectivity index is 2.60. The van der Waals surface area contributed by atoms with Crippen LogP contribution in [0.1, 0.15) is 11.6 Å². The second-order valence-electron chi connectivity index (χ2n) is 2.70. The molecule has 4 heteroatoms. The van der Waals surface area contributed by atoms with Gasteiger partial charge in [-0.15, -0.1) is 0 Å². The van der Waals surface area contributed by atoms with Crippen LogP contribution in [0.4, 0.5) is 0 Å². The van der Waals surface area contributed by atoms with E-state index in [1.807, 2.05) is 6.07 Å². The minimum Gasteiger partial charge on any atom is -0.490 e. The van der Waals surface area contributed by atoms with Crippen LogP contribution in [0.5, 0.6) is 5.75 Å². The van der Waals surface area contributed by atoms with Crippen molar-refractivity contribution >= 4 is 23.2 Å². The summed E-state index contributed by atoms with van der Waals surface area (Å²) < 4.78 is 5.28. The molecule has 1 aliphatic rings. The predicted octanol–water partition coefficient (Wildman–Crippen LogP) is 2.39. The molecule has 0 bridgehead atoms. The van der Waals surface area contributed by atoms with E-state index in [4.69, 9.17) is 33.7 Å². The lowest BCUT2D eigenvalue weighted by Crippen LogP contribution is -2.10. The fourth-order valence-electron chi connectivity index (χ4n) is 1.25. The summed E-state index contributed by atoms with van der Waals surface area (Å²) in [6, 6.07) is 3.51. The summed E-state index contributed by atoms with van der Waals surface area (Å²) in [5.74, 6) is 0.636. The molecule has 1 aromatic rings. The van der Waals surface area contributed by atoms with Gasteiger partial charge in [-0.2, -0.15) is 0 Å². The van der Waals surface area contributed by atoms with E-state index in [9.17, 15) is 0 Å². The van der Waals surface area contributed by atoms with E-state index >= 15 is 0 Å². The van der Waals surface area contributed by atoms with Crippen LogP contribution >= 0.6 is 23.2 Å². The van der Waals surface area contributed by atoms with Gasteiger partial charge in [-0.1, -0.05) is 29.3 Å². The van der Waals surface area contributed by atoms with Crippen LogP contribution in [0.25, 0.3) is 0 Å². The summed E-state index contributed by atoms with van der Waals surface area (Å²) >= 11 is 11.7. The van der Waals surface area contributed by atoms with Crippen LogP contribution in [0.2, 0.25) is 10.0 Å². The van der Waals surface area contributed by atoms with E-state index in [2.05, 4.69) is 0 Å². The van der Waals surface area contributed by atoms with E-state index in [0.717, 1.165) is 5.56 Å². The lowest BCUT2D eigenvalue weighted by Gasteiger charge is -2.03. The SMILES string of the molecule is N[C@@H]1COc2c1ccc(Cl)c2Cl. The predicted molar refractivity (Wildman–Crippen MR) is 48.9 cm³/mol. The van der Waals surface area contributed by atoms with Gasteiger partial charge in [-0.3, -0.25) is 0 Å². The molecule has 1 aromatic carbocycles. The van der Waals surface area contributed by atoms with E-state index in [1.54, 1.807) is 6.07 Å². The number of fused-ring (bicyclic) bond motifs is 1. The highest BCUT2D eigenvalue weighted by Crippen LogP contribution is 2.41. The molecular weight excluding hydrogens is 197 g/mol. The van der Waals surface area contributed by atoms with Gasteiger partial charge in [0.15, 0.2) is 0 Å². The number of ether oxygens (including phenoxy) is 1. The maximum absolute atomic E-state index is 5.89. The molecule has 1 aliphatic heterocycles. The molecule has 0 unspecified atom stereocenters. The van der Waals surface area contributed by atoms with Gasteiger partial charge >= 0.3 is 0 Å². The van der Waals surface area contributed by atoms with Gasteiger partial charge in [-0.25, -0.2) is 0 Å². The smallest absolute Gasteiger partial charge is 0.144 e.